The van der Waals surface area contributed by atoms with Crippen LogP contribution in [0.3, 0.4) is 0 Å². The maximum Gasteiger partial charge on any atom is 0.258 e. The van der Waals surface area contributed by atoms with Crippen LogP contribution in [0.25, 0.3) is 44.2 Å². The van der Waals surface area contributed by atoms with Crippen LogP contribution in [0.1, 0.15) is 28.8 Å². The Morgan fingerprint density at radius 1 is 1.07 bits per heavy atom. The molecular formula is C30H23N5O5S. The molecule has 1 aliphatic carbocycles. The zero-order chi connectivity index (χ0) is 28.3. The summed E-state index contributed by atoms with van der Waals surface area (Å²) in [7, 11) is -3.53. The first-order valence-electron chi connectivity index (χ1n) is 13.2. The standard InChI is InChI=1S/C30H23N5O5S/c31-15-20-11-19(13-27-23(20)5-6-35(27)41(38,39)22-2-3-22)26-17-33-29-25(26)12-21(16-32-29)18-1-4-24-28(14-18)40-10-8-34(7-9-36)30(24)37/h1,4-6,9,11-14,16-17,22H,2-3,7-8,10H2,(H,32,33). The van der Waals surface area contributed by atoms with Crippen molar-refractivity contribution in [3.05, 3.63) is 72.2 Å². The predicted molar refractivity (Wildman–Crippen MR) is 152 cm³/mol. The Labute approximate surface area is 234 Å². The lowest BCUT2D eigenvalue weighted by Gasteiger charge is -2.16. The van der Waals surface area contributed by atoms with Gasteiger partial charge in [0.15, 0.2) is 0 Å². The van der Waals surface area contributed by atoms with E-state index in [-0.39, 0.29) is 24.3 Å². The van der Waals surface area contributed by atoms with Gasteiger partial charge in [-0.15, -0.1) is 0 Å². The van der Waals surface area contributed by atoms with Crippen molar-refractivity contribution in [1.29, 1.82) is 5.26 Å². The number of benzene rings is 2. The largest absolute Gasteiger partial charge is 0.491 e. The molecule has 1 saturated carbocycles. The quantitative estimate of drug-likeness (QED) is 0.306. The summed E-state index contributed by atoms with van der Waals surface area (Å²) in [5, 5.41) is 10.9. The van der Waals surface area contributed by atoms with Crippen LogP contribution in [0.2, 0.25) is 0 Å². The summed E-state index contributed by atoms with van der Waals surface area (Å²) in [5.74, 6) is 0.187. The molecule has 1 fully saturated rings. The van der Waals surface area contributed by atoms with Crippen LogP contribution < -0.4 is 4.74 Å². The van der Waals surface area contributed by atoms with E-state index in [4.69, 9.17) is 4.74 Å². The number of nitriles is 1. The summed E-state index contributed by atoms with van der Waals surface area (Å²) in [5.41, 5.74) is 4.93. The van der Waals surface area contributed by atoms with Crippen LogP contribution >= 0.6 is 0 Å². The van der Waals surface area contributed by atoms with Crippen LogP contribution in [0.4, 0.5) is 0 Å². The third-order valence-electron chi connectivity index (χ3n) is 7.70. The molecule has 1 amide bonds. The first-order chi connectivity index (χ1) is 19.9. The monoisotopic (exact) mass is 565 g/mol. The van der Waals surface area contributed by atoms with E-state index in [2.05, 4.69) is 16.0 Å². The number of nitrogens with zero attached hydrogens (tertiary/aromatic N) is 4. The van der Waals surface area contributed by atoms with Crippen molar-refractivity contribution in [3.63, 3.8) is 0 Å². The number of carbonyl (C=O) groups is 2. The lowest BCUT2D eigenvalue weighted by atomic mass is 9.98. The molecule has 10 nitrogen and oxygen atoms in total. The van der Waals surface area contributed by atoms with Gasteiger partial charge >= 0.3 is 0 Å². The van der Waals surface area contributed by atoms with Gasteiger partial charge in [-0.25, -0.2) is 17.4 Å². The number of rotatable bonds is 6. The molecule has 3 aromatic heterocycles. The first-order valence-corrected chi connectivity index (χ1v) is 14.7. The van der Waals surface area contributed by atoms with Crippen molar-refractivity contribution in [2.75, 3.05) is 19.7 Å². The number of fused-ring (bicyclic) bond motifs is 3. The minimum atomic E-state index is -3.53. The lowest BCUT2D eigenvalue weighted by Crippen LogP contribution is -2.33. The molecule has 41 heavy (non-hydrogen) atoms. The number of amides is 1. The summed E-state index contributed by atoms with van der Waals surface area (Å²) >= 11 is 0. The molecule has 0 saturated heterocycles. The van der Waals surface area contributed by atoms with Crippen molar-refractivity contribution in [3.8, 4) is 34.1 Å². The maximum absolute atomic E-state index is 13.1. The van der Waals surface area contributed by atoms with Crippen molar-refractivity contribution in [2.24, 2.45) is 0 Å². The minimum absolute atomic E-state index is 0.0107. The molecule has 11 heteroatoms. The molecule has 204 valence electrons. The molecule has 1 N–H and O–H groups in total. The fourth-order valence-electron chi connectivity index (χ4n) is 5.41. The van der Waals surface area contributed by atoms with E-state index in [1.807, 2.05) is 12.1 Å². The maximum atomic E-state index is 13.1. The highest BCUT2D eigenvalue weighted by Gasteiger charge is 2.37. The fraction of sp³-hybridized carbons (Fsp3) is 0.200. The highest BCUT2D eigenvalue weighted by molar-refractivity contribution is 7.91. The Bertz CT molecular complexity index is 2050. The zero-order valence-electron chi connectivity index (χ0n) is 21.7. The van der Waals surface area contributed by atoms with E-state index in [0.717, 1.165) is 22.1 Å². The second-order valence-electron chi connectivity index (χ2n) is 10.2. The number of H-pyrrole nitrogens is 1. The van der Waals surface area contributed by atoms with Crippen molar-refractivity contribution >= 4 is 44.2 Å². The fourth-order valence-corrected chi connectivity index (χ4v) is 7.12. The smallest absolute Gasteiger partial charge is 0.258 e. The Morgan fingerprint density at radius 2 is 1.93 bits per heavy atom. The van der Waals surface area contributed by atoms with Gasteiger partial charge in [-0.05, 0) is 60.4 Å². The van der Waals surface area contributed by atoms with Gasteiger partial charge in [0.2, 0.25) is 10.0 Å². The molecule has 4 heterocycles. The molecule has 0 atom stereocenters. The molecule has 1 aliphatic heterocycles. The molecule has 7 rings (SSSR count). The summed E-state index contributed by atoms with van der Waals surface area (Å²) in [6.45, 7) is 0.607. The topological polar surface area (TPSA) is 138 Å². The number of aromatic amines is 1. The highest BCUT2D eigenvalue weighted by Crippen LogP contribution is 2.38. The molecule has 0 radical (unpaired) electrons. The average molecular weight is 566 g/mol. The number of ether oxygens (including phenoxy) is 1. The third kappa shape index (κ3) is 4.06. The van der Waals surface area contributed by atoms with Gasteiger partial charge in [0.25, 0.3) is 5.91 Å². The lowest BCUT2D eigenvalue weighted by molar-refractivity contribution is -0.108. The second kappa shape index (κ2) is 9.31. The number of hydrogen-bond donors (Lipinski definition) is 1. The number of pyridine rings is 1. The van der Waals surface area contributed by atoms with Gasteiger partial charge < -0.3 is 19.4 Å². The van der Waals surface area contributed by atoms with E-state index >= 15 is 0 Å². The summed E-state index contributed by atoms with van der Waals surface area (Å²) in [4.78, 5) is 33.1. The molecule has 0 bridgehead atoms. The number of aromatic nitrogens is 3. The number of nitrogens with one attached hydrogen (secondary N) is 1. The molecule has 0 spiro atoms. The Morgan fingerprint density at radius 3 is 2.71 bits per heavy atom. The van der Waals surface area contributed by atoms with Crippen LogP contribution in [0.5, 0.6) is 5.75 Å². The SMILES string of the molecule is N#Cc1cc(-c2c[nH]c3ncc(-c4ccc5c(c4)OCCN(CC=O)C5=O)cc23)cc2c1ccn2S(=O)(=O)C1CC1. The first kappa shape index (κ1) is 25.0. The second-order valence-corrected chi connectivity index (χ2v) is 12.3. The van der Waals surface area contributed by atoms with Gasteiger partial charge in [0.05, 0.1) is 41.1 Å². The van der Waals surface area contributed by atoms with Crippen molar-refractivity contribution in [1.82, 2.24) is 18.8 Å². The van der Waals surface area contributed by atoms with Crippen LogP contribution in [0, 0.1) is 11.3 Å². The predicted octanol–water partition coefficient (Wildman–Crippen LogP) is 4.10. The van der Waals surface area contributed by atoms with Gasteiger partial charge in [-0.3, -0.25) is 4.79 Å². The van der Waals surface area contributed by atoms with Crippen molar-refractivity contribution in [2.45, 2.75) is 18.1 Å². The van der Waals surface area contributed by atoms with Gasteiger partial charge in [-0.1, -0.05) is 6.07 Å². The van der Waals surface area contributed by atoms with Crippen LogP contribution in [-0.4, -0.2) is 64.4 Å². The van der Waals surface area contributed by atoms with Crippen LogP contribution in [-0.2, 0) is 14.8 Å². The molecule has 0 unspecified atom stereocenters. The number of aldehydes is 1. The number of hydrogen-bond acceptors (Lipinski definition) is 7. The van der Waals surface area contributed by atoms with E-state index in [1.165, 1.54) is 15.1 Å². The van der Waals surface area contributed by atoms with E-state index in [0.29, 0.717) is 64.7 Å². The summed E-state index contributed by atoms with van der Waals surface area (Å²) in [6, 6.07) is 14.7. The van der Waals surface area contributed by atoms with Gasteiger partial charge in [0.1, 0.15) is 24.3 Å². The molecule has 2 aromatic carbocycles. The highest BCUT2D eigenvalue weighted by atomic mass is 32.2. The van der Waals surface area contributed by atoms with E-state index in [1.54, 1.807) is 42.7 Å². The molecule has 5 aromatic rings. The normalized spacial score (nSPS) is 15.4. The molecular weight excluding hydrogens is 542 g/mol. The summed E-state index contributed by atoms with van der Waals surface area (Å²) in [6.07, 6.45) is 7.03. The molecule has 2 aliphatic rings. The van der Waals surface area contributed by atoms with E-state index in [9.17, 15) is 23.3 Å². The minimum Gasteiger partial charge on any atom is -0.491 e. The Hall–Kier alpha value is -4.95. The van der Waals surface area contributed by atoms with Crippen molar-refractivity contribution < 1.29 is 22.7 Å². The number of carbonyl (C=O) groups excluding carboxylic acids is 2. The zero-order valence-corrected chi connectivity index (χ0v) is 22.5. The average Bonchev–Trinajstić information content (AvgIpc) is 3.66. The van der Waals surface area contributed by atoms with Gasteiger partial charge in [0, 0.05) is 40.5 Å². The van der Waals surface area contributed by atoms with Crippen LogP contribution in [0.15, 0.2) is 61.1 Å². The summed E-state index contributed by atoms with van der Waals surface area (Å²) < 4.78 is 33.3. The van der Waals surface area contributed by atoms with Gasteiger partial charge in [-0.2, -0.15) is 5.26 Å². The van der Waals surface area contributed by atoms with E-state index < -0.39 is 10.0 Å². The Kier molecular flexibility index (Phi) is 5.69. The third-order valence-corrected chi connectivity index (χ3v) is 9.88. The Balaban J connectivity index is 1.32.